The molecule has 1 spiro atoms. The van der Waals surface area contributed by atoms with Crippen molar-refractivity contribution in [1.29, 1.82) is 0 Å². The molecule has 2 aliphatic heterocycles. The molecule has 0 aromatic carbocycles. The summed E-state index contributed by atoms with van der Waals surface area (Å²) in [5.74, 6) is 0.631. The lowest BCUT2D eigenvalue weighted by atomic mass is 9.91. The number of hydrogen-bond donors (Lipinski definition) is 0. The molecule has 2 aliphatic rings. The SMILES string of the molecule is CCN1Cc2ccnn2CC2(C1)CS(=O)(=O)C2. The van der Waals surface area contributed by atoms with E-state index in [1.165, 1.54) is 5.69 Å². The van der Waals surface area contributed by atoms with Gasteiger partial charge in [0.25, 0.3) is 0 Å². The molecule has 94 valence electrons. The summed E-state index contributed by atoms with van der Waals surface area (Å²) in [5, 5.41) is 4.31. The second-order valence-electron chi connectivity index (χ2n) is 5.32. The third-order valence-electron chi connectivity index (χ3n) is 3.73. The van der Waals surface area contributed by atoms with Gasteiger partial charge in [0.2, 0.25) is 0 Å². The number of rotatable bonds is 1. The molecule has 0 atom stereocenters. The van der Waals surface area contributed by atoms with Crippen LogP contribution in [0.5, 0.6) is 0 Å². The molecule has 0 amide bonds. The minimum atomic E-state index is -2.79. The summed E-state index contributed by atoms with van der Waals surface area (Å²) < 4.78 is 24.9. The molecular weight excluding hydrogens is 238 g/mol. The number of sulfone groups is 1. The number of fused-ring (bicyclic) bond motifs is 1. The number of aromatic nitrogens is 2. The molecule has 0 saturated carbocycles. The van der Waals surface area contributed by atoms with Gasteiger partial charge in [0.1, 0.15) is 0 Å². The maximum atomic E-state index is 11.5. The third kappa shape index (κ3) is 1.89. The first-order chi connectivity index (χ1) is 8.02. The molecule has 5 nitrogen and oxygen atoms in total. The van der Waals surface area contributed by atoms with E-state index in [1.54, 1.807) is 6.20 Å². The zero-order valence-electron chi connectivity index (χ0n) is 9.96. The van der Waals surface area contributed by atoms with Crippen molar-refractivity contribution >= 4 is 9.84 Å². The summed E-state index contributed by atoms with van der Waals surface area (Å²) in [6, 6.07) is 2.02. The molecule has 0 unspecified atom stereocenters. The lowest BCUT2D eigenvalue weighted by molar-refractivity contribution is 0.169. The molecule has 6 heteroatoms. The van der Waals surface area contributed by atoms with Crippen LogP contribution in [0, 0.1) is 5.41 Å². The van der Waals surface area contributed by atoms with Gasteiger partial charge in [0.05, 0.1) is 23.7 Å². The maximum Gasteiger partial charge on any atom is 0.151 e. The lowest BCUT2D eigenvalue weighted by Crippen LogP contribution is -2.55. The minimum Gasteiger partial charge on any atom is -0.297 e. The van der Waals surface area contributed by atoms with Gasteiger partial charge in [-0.15, -0.1) is 0 Å². The standard InChI is InChI=1S/C11H17N3O2S/c1-2-13-5-10-3-4-12-14(10)7-11(6-13)8-17(15,16)9-11/h3-4H,2,5-9H2,1H3. The Balaban J connectivity index is 1.93. The van der Waals surface area contributed by atoms with Gasteiger partial charge >= 0.3 is 0 Å². The highest BCUT2D eigenvalue weighted by atomic mass is 32.2. The Labute approximate surface area is 101 Å². The van der Waals surface area contributed by atoms with Crippen LogP contribution in [0.1, 0.15) is 12.6 Å². The van der Waals surface area contributed by atoms with Crippen molar-refractivity contribution in [3.63, 3.8) is 0 Å². The van der Waals surface area contributed by atoms with Gasteiger partial charge in [0, 0.05) is 24.7 Å². The molecule has 3 heterocycles. The van der Waals surface area contributed by atoms with E-state index in [1.807, 2.05) is 10.7 Å². The molecule has 1 aromatic rings. The molecule has 1 fully saturated rings. The summed E-state index contributed by atoms with van der Waals surface area (Å²) in [6.45, 7) is 5.55. The van der Waals surface area contributed by atoms with Crippen LogP contribution in [-0.2, 0) is 22.9 Å². The van der Waals surface area contributed by atoms with E-state index in [-0.39, 0.29) is 5.41 Å². The minimum absolute atomic E-state index is 0.105. The highest BCUT2D eigenvalue weighted by molar-refractivity contribution is 7.92. The summed E-state index contributed by atoms with van der Waals surface area (Å²) in [4.78, 5) is 2.31. The van der Waals surface area contributed by atoms with E-state index in [9.17, 15) is 8.42 Å². The van der Waals surface area contributed by atoms with E-state index in [0.717, 1.165) is 26.2 Å². The van der Waals surface area contributed by atoms with Crippen molar-refractivity contribution in [2.24, 2.45) is 5.41 Å². The first kappa shape index (κ1) is 11.2. The van der Waals surface area contributed by atoms with Crippen molar-refractivity contribution in [1.82, 2.24) is 14.7 Å². The third-order valence-corrected chi connectivity index (χ3v) is 5.84. The largest absolute Gasteiger partial charge is 0.297 e. The second kappa shape index (κ2) is 3.55. The molecule has 0 N–H and O–H groups in total. The van der Waals surface area contributed by atoms with Gasteiger partial charge in [-0.25, -0.2) is 8.42 Å². The number of nitrogens with zero attached hydrogens (tertiary/aromatic N) is 3. The van der Waals surface area contributed by atoms with E-state index in [0.29, 0.717) is 11.5 Å². The van der Waals surface area contributed by atoms with Crippen molar-refractivity contribution in [3.05, 3.63) is 18.0 Å². The first-order valence-electron chi connectivity index (χ1n) is 5.95. The highest BCUT2D eigenvalue weighted by Crippen LogP contribution is 2.37. The summed E-state index contributed by atoms with van der Waals surface area (Å²) in [6.07, 6.45) is 1.80. The summed E-state index contributed by atoms with van der Waals surface area (Å²) in [5.41, 5.74) is 1.08. The summed E-state index contributed by atoms with van der Waals surface area (Å²) >= 11 is 0. The Morgan fingerprint density at radius 1 is 1.41 bits per heavy atom. The van der Waals surface area contributed by atoms with Crippen LogP contribution < -0.4 is 0 Å². The quantitative estimate of drug-likeness (QED) is 0.716. The second-order valence-corrected chi connectivity index (χ2v) is 7.38. The molecule has 1 saturated heterocycles. The van der Waals surface area contributed by atoms with Crippen LogP contribution in [0.3, 0.4) is 0 Å². The zero-order chi connectivity index (χ0) is 12.1. The monoisotopic (exact) mass is 255 g/mol. The van der Waals surface area contributed by atoms with E-state index < -0.39 is 9.84 Å². The van der Waals surface area contributed by atoms with Gasteiger partial charge in [-0.05, 0) is 12.6 Å². The fraction of sp³-hybridized carbons (Fsp3) is 0.727. The van der Waals surface area contributed by atoms with Gasteiger partial charge in [-0.2, -0.15) is 5.10 Å². The van der Waals surface area contributed by atoms with Crippen molar-refractivity contribution in [2.75, 3.05) is 24.6 Å². The van der Waals surface area contributed by atoms with Gasteiger partial charge in [-0.1, -0.05) is 6.92 Å². The fourth-order valence-corrected chi connectivity index (χ4v) is 5.21. The predicted molar refractivity (Wildman–Crippen MR) is 64.3 cm³/mol. The molecule has 17 heavy (non-hydrogen) atoms. The van der Waals surface area contributed by atoms with Gasteiger partial charge < -0.3 is 0 Å². The average molecular weight is 255 g/mol. The molecule has 0 radical (unpaired) electrons. The van der Waals surface area contributed by atoms with Crippen LogP contribution in [0.15, 0.2) is 12.3 Å². The van der Waals surface area contributed by atoms with Crippen molar-refractivity contribution in [3.8, 4) is 0 Å². The first-order valence-corrected chi connectivity index (χ1v) is 7.78. The van der Waals surface area contributed by atoms with E-state index >= 15 is 0 Å². The average Bonchev–Trinajstić information content (AvgIpc) is 2.56. The topological polar surface area (TPSA) is 55.2 Å². The lowest BCUT2D eigenvalue weighted by Gasteiger charge is -2.42. The number of hydrogen-bond acceptors (Lipinski definition) is 4. The van der Waals surface area contributed by atoms with Gasteiger partial charge in [0.15, 0.2) is 9.84 Å². The molecule has 3 rings (SSSR count). The Bertz CT molecular complexity index is 523. The summed E-state index contributed by atoms with van der Waals surface area (Å²) in [7, 11) is -2.79. The van der Waals surface area contributed by atoms with Crippen LogP contribution in [-0.4, -0.2) is 47.7 Å². The van der Waals surface area contributed by atoms with Crippen LogP contribution in [0.25, 0.3) is 0 Å². The molecule has 0 bridgehead atoms. The Morgan fingerprint density at radius 2 is 2.18 bits per heavy atom. The maximum absolute atomic E-state index is 11.5. The van der Waals surface area contributed by atoms with Crippen molar-refractivity contribution in [2.45, 2.75) is 20.0 Å². The molecule has 1 aromatic heterocycles. The van der Waals surface area contributed by atoms with Gasteiger partial charge in [-0.3, -0.25) is 9.58 Å². The Kier molecular flexibility index (Phi) is 2.35. The van der Waals surface area contributed by atoms with Crippen LogP contribution in [0.4, 0.5) is 0 Å². The smallest absolute Gasteiger partial charge is 0.151 e. The van der Waals surface area contributed by atoms with Crippen LogP contribution in [0.2, 0.25) is 0 Å². The Morgan fingerprint density at radius 3 is 2.82 bits per heavy atom. The highest BCUT2D eigenvalue weighted by Gasteiger charge is 2.50. The Hall–Kier alpha value is -0.880. The molecular formula is C11H17N3O2S. The fourth-order valence-electron chi connectivity index (χ4n) is 3.06. The van der Waals surface area contributed by atoms with Crippen LogP contribution >= 0.6 is 0 Å². The zero-order valence-corrected chi connectivity index (χ0v) is 10.8. The van der Waals surface area contributed by atoms with E-state index in [2.05, 4.69) is 16.9 Å². The molecule has 0 aliphatic carbocycles. The van der Waals surface area contributed by atoms with Crippen molar-refractivity contribution < 1.29 is 8.42 Å². The predicted octanol–water partition coefficient (Wildman–Crippen LogP) is 0.133. The van der Waals surface area contributed by atoms with E-state index in [4.69, 9.17) is 0 Å². The normalized spacial score (nSPS) is 26.2.